The number of imidazole rings is 1. The molecule has 0 aliphatic heterocycles. The topological polar surface area (TPSA) is 65.0 Å². The molecule has 3 rings (SSSR count). The molecule has 2 N–H and O–H groups in total. The molecule has 0 radical (unpaired) electrons. The van der Waals surface area contributed by atoms with Gasteiger partial charge in [0.05, 0.1) is 5.52 Å². The second kappa shape index (κ2) is 4.28. The van der Waals surface area contributed by atoms with Gasteiger partial charge >= 0.3 is 0 Å². The number of hydrogen-bond acceptors (Lipinski definition) is 4. The number of anilines is 1. The van der Waals surface area contributed by atoms with Gasteiger partial charge in [0.15, 0.2) is 5.65 Å². The number of rotatable bonds is 2. The number of benzene rings is 1. The number of hydrogen-bond donors (Lipinski definition) is 2. The number of nitrogens with one attached hydrogen (secondary N) is 1. The highest BCUT2D eigenvalue weighted by atomic mass is 16.3. The van der Waals surface area contributed by atoms with E-state index in [2.05, 4.69) is 15.0 Å². The molecule has 1 aromatic carbocycles. The number of phenols is 1. The summed E-state index contributed by atoms with van der Waals surface area (Å²) in [4.78, 5) is 14.1. The molecule has 5 nitrogen and oxygen atoms in total. The minimum Gasteiger partial charge on any atom is -0.508 e. The molecule has 0 amide bonds. The fourth-order valence-corrected chi connectivity index (χ4v) is 1.89. The lowest BCUT2D eigenvalue weighted by Gasteiger charge is -2.09. The molecule has 0 aliphatic rings. The third-order valence-corrected chi connectivity index (χ3v) is 2.93. The number of phenolic OH excluding ortho intramolecular Hbond substituents is 1. The summed E-state index contributed by atoms with van der Waals surface area (Å²) >= 11 is 0. The van der Waals surface area contributed by atoms with Crippen molar-refractivity contribution in [2.45, 2.75) is 0 Å². The Hall–Kier alpha value is -2.56. The van der Waals surface area contributed by atoms with Crippen molar-refractivity contribution in [2.24, 2.45) is 0 Å². The van der Waals surface area contributed by atoms with E-state index in [1.54, 1.807) is 12.1 Å². The number of aromatic hydroxyl groups is 1. The van der Waals surface area contributed by atoms with Gasteiger partial charge in [0.25, 0.3) is 0 Å². The summed E-state index contributed by atoms with van der Waals surface area (Å²) in [5.74, 6) is 1.86. The summed E-state index contributed by atoms with van der Waals surface area (Å²) in [6.45, 7) is 0. The van der Waals surface area contributed by atoms with Crippen LogP contribution in [0.1, 0.15) is 0 Å². The third kappa shape index (κ3) is 2.10. The zero-order valence-corrected chi connectivity index (χ0v) is 10.8. The fourth-order valence-electron chi connectivity index (χ4n) is 1.89. The summed E-state index contributed by atoms with van der Waals surface area (Å²) in [7, 11) is 3.89. The molecule has 0 saturated carbocycles. The third-order valence-electron chi connectivity index (χ3n) is 2.93. The first-order chi connectivity index (χ1) is 9.13. The van der Waals surface area contributed by atoms with Gasteiger partial charge in [-0.1, -0.05) is 0 Å². The molecule has 0 atom stereocenters. The van der Waals surface area contributed by atoms with E-state index in [-0.39, 0.29) is 5.75 Å². The van der Waals surface area contributed by atoms with E-state index in [1.807, 2.05) is 43.3 Å². The van der Waals surface area contributed by atoms with E-state index in [4.69, 9.17) is 0 Å². The molecular formula is C14H14N4O. The number of fused-ring (bicyclic) bond motifs is 1. The second-order valence-electron chi connectivity index (χ2n) is 4.57. The maximum Gasteiger partial charge on any atom is 0.180 e. The van der Waals surface area contributed by atoms with Crippen LogP contribution >= 0.6 is 0 Å². The monoisotopic (exact) mass is 254 g/mol. The molecule has 0 saturated heterocycles. The van der Waals surface area contributed by atoms with Crippen LogP contribution in [0.2, 0.25) is 0 Å². The van der Waals surface area contributed by atoms with Crippen LogP contribution in [0.25, 0.3) is 22.6 Å². The van der Waals surface area contributed by atoms with Gasteiger partial charge in [0.1, 0.15) is 17.4 Å². The Kier molecular flexibility index (Phi) is 2.59. The lowest BCUT2D eigenvalue weighted by Crippen LogP contribution is -2.10. The molecule has 19 heavy (non-hydrogen) atoms. The van der Waals surface area contributed by atoms with E-state index in [0.717, 1.165) is 22.7 Å². The molecule has 0 unspecified atom stereocenters. The molecule has 2 heterocycles. The number of aromatic amines is 1. The Morgan fingerprint density at radius 2 is 1.74 bits per heavy atom. The largest absolute Gasteiger partial charge is 0.508 e. The molecule has 2 aromatic heterocycles. The Morgan fingerprint density at radius 3 is 2.42 bits per heavy atom. The van der Waals surface area contributed by atoms with E-state index in [0.29, 0.717) is 5.65 Å². The Morgan fingerprint density at radius 1 is 1.00 bits per heavy atom. The van der Waals surface area contributed by atoms with Gasteiger partial charge in [-0.3, -0.25) is 0 Å². The first-order valence-electron chi connectivity index (χ1n) is 5.97. The van der Waals surface area contributed by atoms with Crippen molar-refractivity contribution in [3.63, 3.8) is 0 Å². The van der Waals surface area contributed by atoms with Gasteiger partial charge in [0, 0.05) is 19.7 Å². The highest BCUT2D eigenvalue weighted by Crippen LogP contribution is 2.22. The molecule has 0 aliphatic carbocycles. The van der Waals surface area contributed by atoms with E-state index in [9.17, 15) is 5.11 Å². The maximum absolute atomic E-state index is 9.29. The standard InChI is InChI=1S/C14H14N4O/c1-18(2)12-8-7-11-14(16-12)17-13(15-11)9-3-5-10(19)6-4-9/h3-8,19H,1-2H3,(H,15,16,17). The van der Waals surface area contributed by atoms with Gasteiger partial charge in [0.2, 0.25) is 0 Å². The van der Waals surface area contributed by atoms with Crippen molar-refractivity contribution >= 4 is 17.0 Å². The lowest BCUT2D eigenvalue weighted by atomic mass is 10.2. The normalized spacial score (nSPS) is 10.8. The molecule has 3 aromatic rings. The van der Waals surface area contributed by atoms with Gasteiger partial charge in [-0.25, -0.2) is 9.97 Å². The Bertz CT molecular complexity index is 716. The van der Waals surface area contributed by atoms with Crippen molar-refractivity contribution in [1.29, 1.82) is 0 Å². The maximum atomic E-state index is 9.29. The van der Waals surface area contributed by atoms with E-state index in [1.165, 1.54) is 0 Å². The first kappa shape index (κ1) is 11.5. The molecule has 5 heteroatoms. The summed E-state index contributed by atoms with van der Waals surface area (Å²) in [6.07, 6.45) is 0. The quantitative estimate of drug-likeness (QED) is 0.737. The van der Waals surface area contributed by atoms with Crippen LogP contribution in [-0.4, -0.2) is 34.2 Å². The number of H-pyrrole nitrogens is 1. The first-order valence-corrected chi connectivity index (χ1v) is 5.97. The fraction of sp³-hybridized carbons (Fsp3) is 0.143. The minimum absolute atomic E-state index is 0.243. The summed E-state index contributed by atoms with van der Waals surface area (Å²) < 4.78 is 0. The molecule has 0 spiro atoms. The molecule has 0 bridgehead atoms. The molecular weight excluding hydrogens is 240 g/mol. The Balaban J connectivity index is 2.08. The predicted octanol–water partition coefficient (Wildman–Crippen LogP) is 2.40. The van der Waals surface area contributed by atoms with Crippen LogP contribution in [0, 0.1) is 0 Å². The number of aromatic nitrogens is 3. The van der Waals surface area contributed by atoms with Gasteiger partial charge in [-0.2, -0.15) is 0 Å². The average Bonchev–Trinajstić information content (AvgIpc) is 2.82. The van der Waals surface area contributed by atoms with Crippen molar-refractivity contribution in [3.8, 4) is 17.1 Å². The highest BCUT2D eigenvalue weighted by molar-refractivity contribution is 5.77. The van der Waals surface area contributed by atoms with Crippen LogP contribution < -0.4 is 4.90 Å². The molecule has 96 valence electrons. The smallest absolute Gasteiger partial charge is 0.180 e. The zero-order valence-electron chi connectivity index (χ0n) is 10.8. The van der Waals surface area contributed by atoms with Crippen LogP contribution in [-0.2, 0) is 0 Å². The lowest BCUT2D eigenvalue weighted by molar-refractivity contribution is 0.475. The van der Waals surface area contributed by atoms with E-state index < -0.39 is 0 Å². The summed E-state index contributed by atoms with van der Waals surface area (Å²) in [5.41, 5.74) is 2.50. The zero-order chi connectivity index (χ0) is 13.4. The van der Waals surface area contributed by atoms with Crippen molar-refractivity contribution in [3.05, 3.63) is 36.4 Å². The van der Waals surface area contributed by atoms with Crippen molar-refractivity contribution < 1.29 is 5.11 Å². The highest BCUT2D eigenvalue weighted by Gasteiger charge is 2.07. The van der Waals surface area contributed by atoms with Crippen LogP contribution in [0.3, 0.4) is 0 Å². The summed E-state index contributed by atoms with van der Waals surface area (Å²) in [6, 6.07) is 10.8. The minimum atomic E-state index is 0.243. The summed E-state index contributed by atoms with van der Waals surface area (Å²) in [5, 5.41) is 9.29. The van der Waals surface area contributed by atoms with Gasteiger partial charge < -0.3 is 15.0 Å². The van der Waals surface area contributed by atoms with Crippen LogP contribution in [0.5, 0.6) is 5.75 Å². The average molecular weight is 254 g/mol. The Labute approximate surface area is 110 Å². The van der Waals surface area contributed by atoms with Crippen molar-refractivity contribution in [1.82, 2.24) is 15.0 Å². The number of nitrogens with zero attached hydrogens (tertiary/aromatic N) is 3. The van der Waals surface area contributed by atoms with Gasteiger partial charge in [-0.15, -0.1) is 0 Å². The van der Waals surface area contributed by atoms with E-state index >= 15 is 0 Å². The number of pyridine rings is 1. The molecule has 0 fully saturated rings. The predicted molar refractivity (Wildman–Crippen MR) is 75.3 cm³/mol. The van der Waals surface area contributed by atoms with Crippen LogP contribution in [0.15, 0.2) is 36.4 Å². The van der Waals surface area contributed by atoms with Crippen molar-refractivity contribution in [2.75, 3.05) is 19.0 Å². The second-order valence-corrected chi connectivity index (χ2v) is 4.57. The SMILES string of the molecule is CN(C)c1ccc2[nH]c(-c3ccc(O)cc3)nc2n1. The van der Waals surface area contributed by atoms with Gasteiger partial charge in [-0.05, 0) is 36.4 Å². The van der Waals surface area contributed by atoms with Crippen LogP contribution in [0.4, 0.5) is 5.82 Å².